The van der Waals surface area contributed by atoms with Crippen LogP contribution in [0.3, 0.4) is 0 Å². The monoisotopic (exact) mass is 390 g/mol. The molecule has 3 rings (SSSR count). The molecule has 0 bridgehead atoms. The van der Waals surface area contributed by atoms with Crippen LogP contribution in [0.1, 0.15) is 24.0 Å². The van der Waals surface area contributed by atoms with Crippen LogP contribution in [-0.2, 0) is 16.8 Å². The minimum Gasteiger partial charge on any atom is -0.360 e. The van der Waals surface area contributed by atoms with Gasteiger partial charge in [-0.15, -0.1) is 0 Å². The van der Waals surface area contributed by atoms with E-state index in [0.29, 0.717) is 6.61 Å². The highest BCUT2D eigenvalue weighted by Gasteiger charge is 2.44. The van der Waals surface area contributed by atoms with Crippen LogP contribution in [0.2, 0.25) is 0 Å². The number of aryl methyl sites for hydroxylation is 1. The molecular formula is C13H12BrIO. The predicted molar refractivity (Wildman–Crippen MR) is 77.0 cm³/mol. The highest BCUT2D eigenvalue weighted by atomic mass is 127. The van der Waals surface area contributed by atoms with Gasteiger partial charge in [0.15, 0.2) is 0 Å². The smallest absolute Gasteiger partial charge is 0.125 e. The molecule has 0 N–H and O–H groups in total. The Bertz CT molecular complexity index is 469. The fourth-order valence-corrected chi connectivity index (χ4v) is 4.01. The van der Waals surface area contributed by atoms with E-state index in [1.807, 2.05) is 0 Å². The third-order valence-corrected chi connectivity index (χ3v) is 6.35. The molecule has 2 aliphatic rings. The minimum absolute atomic E-state index is 0.145. The summed E-state index contributed by atoms with van der Waals surface area (Å²) in [6.07, 6.45) is 3.50. The van der Waals surface area contributed by atoms with Crippen molar-refractivity contribution in [3.8, 4) is 0 Å². The minimum atomic E-state index is -0.145. The number of fused-ring (bicyclic) bond motifs is 2. The average molecular weight is 391 g/mol. The van der Waals surface area contributed by atoms with E-state index in [9.17, 15) is 0 Å². The van der Waals surface area contributed by atoms with Crippen molar-refractivity contribution in [1.82, 2.24) is 0 Å². The normalized spacial score (nSPS) is 28.6. The first-order chi connectivity index (χ1) is 7.74. The van der Waals surface area contributed by atoms with E-state index < -0.39 is 0 Å². The number of ether oxygens (including phenoxy) is 1. The molecule has 1 spiro atoms. The summed E-state index contributed by atoms with van der Waals surface area (Å²) in [5, 5.41) is 0. The SMILES string of the molecule is BrC1=C(I)C2(CCCc3ccccc32)OC1. The van der Waals surface area contributed by atoms with Crippen LogP contribution < -0.4 is 0 Å². The molecule has 0 saturated heterocycles. The van der Waals surface area contributed by atoms with E-state index in [4.69, 9.17) is 4.74 Å². The van der Waals surface area contributed by atoms with Crippen molar-refractivity contribution < 1.29 is 4.74 Å². The summed E-state index contributed by atoms with van der Waals surface area (Å²) in [7, 11) is 0. The molecule has 0 aromatic heterocycles. The maximum absolute atomic E-state index is 6.10. The zero-order valence-corrected chi connectivity index (χ0v) is 12.5. The third kappa shape index (κ3) is 1.51. The number of benzene rings is 1. The van der Waals surface area contributed by atoms with Gasteiger partial charge in [-0.3, -0.25) is 0 Å². The Balaban J connectivity index is 2.19. The van der Waals surface area contributed by atoms with E-state index in [-0.39, 0.29) is 5.60 Å². The van der Waals surface area contributed by atoms with Gasteiger partial charge in [0.05, 0.1) is 6.61 Å². The Hall–Kier alpha value is 0.130. The van der Waals surface area contributed by atoms with Crippen molar-refractivity contribution in [2.24, 2.45) is 0 Å². The fourth-order valence-electron chi connectivity index (χ4n) is 2.71. The molecule has 0 radical (unpaired) electrons. The van der Waals surface area contributed by atoms with Crippen molar-refractivity contribution in [3.63, 3.8) is 0 Å². The predicted octanol–water partition coefficient (Wildman–Crippen LogP) is 4.29. The second-order valence-corrected chi connectivity index (χ2v) is 6.38. The summed E-state index contributed by atoms with van der Waals surface area (Å²) < 4.78 is 8.65. The van der Waals surface area contributed by atoms with Crippen LogP contribution >= 0.6 is 38.5 Å². The lowest BCUT2D eigenvalue weighted by molar-refractivity contribution is 0.00730. The van der Waals surface area contributed by atoms with Gasteiger partial charge in [-0.25, -0.2) is 0 Å². The van der Waals surface area contributed by atoms with Gasteiger partial charge in [0.1, 0.15) is 5.60 Å². The lowest BCUT2D eigenvalue weighted by atomic mass is 9.79. The van der Waals surface area contributed by atoms with Crippen molar-refractivity contribution in [2.45, 2.75) is 24.9 Å². The maximum atomic E-state index is 6.10. The summed E-state index contributed by atoms with van der Waals surface area (Å²) >= 11 is 6.05. The van der Waals surface area contributed by atoms with Gasteiger partial charge in [-0.2, -0.15) is 0 Å². The Morgan fingerprint density at radius 3 is 2.88 bits per heavy atom. The molecule has 0 amide bonds. The first-order valence-electron chi connectivity index (χ1n) is 5.51. The Morgan fingerprint density at radius 1 is 1.31 bits per heavy atom. The van der Waals surface area contributed by atoms with Crippen molar-refractivity contribution >= 4 is 38.5 Å². The van der Waals surface area contributed by atoms with E-state index in [1.165, 1.54) is 32.0 Å². The van der Waals surface area contributed by atoms with Gasteiger partial charge in [0.2, 0.25) is 0 Å². The average Bonchev–Trinajstić information content (AvgIpc) is 2.60. The number of hydrogen-bond donors (Lipinski definition) is 0. The van der Waals surface area contributed by atoms with E-state index in [2.05, 4.69) is 62.8 Å². The van der Waals surface area contributed by atoms with Crippen LogP contribution in [0.5, 0.6) is 0 Å². The summed E-state index contributed by atoms with van der Waals surface area (Å²) in [6.45, 7) is 0.715. The molecule has 1 heterocycles. The van der Waals surface area contributed by atoms with Gasteiger partial charge in [0, 0.05) is 8.06 Å². The second kappa shape index (κ2) is 4.10. The quantitative estimate of drug-likeness (QED) is 0.600. The number of halogens is 2. The molecule has 1 aromatic rings. The molecule has 1 aromatic carbocycles. The third-order valence-electron chi connectivity index (χ3n) is 3.47. The van der Waals surface area contributed by atoms with Crippen LogP contribution in [0.4, 0.5) is 0 Å². The maximum Gasteiger partial charge on any atom is 0.125 e. The summed E-state index contributed by atoms with van der Waals surface area (Å²) in [5.41, 5.74) is 2.68. The van der Waals surface area contributed by atoms with Gasteiger partial charge < -0.3 is 4.74 Å². The Labute approximate surface area is 118 Å². The van der Waals surface area contributed by atoms with Gasteiger partial charge >= 0.3 is 0 Å². The molecule has 84 valence electrons. The zero-order chi connectivity index (χ0) is 11.2. The molecule has 16 heavy (non-hydrogen) atoms. The van der Waals surface area contributed by atoms with Crippen LogP contribution in [-0.4, -0.2) is 6.61 Å². The molecule has 0 fully saturated rings. The number of hydrogen-bond acceptors (Lipinski definition) is 1. The lowest BCUT2D eigenvalue weighted by Gasteiger charge is -2.35. The van der Waals surface area contributed by atoms with Crippen molar-refractivity contribution in [1.29, 1.82) is 0 Å². The van der Waals surface area contributed by atoms with Crippen molar-refractivity contribution in [3.05, 3.63) is 43.5 Å². The molecule has 1 aliphatic heterocycles. The topological polar surface area (TPSA) is 9.23 Å². The summed E-state index contributed by atoms with van der Waals surface area (Å²) in [4.78, 5) is 0. The number of rotatable bonds is 0. The molecular weight excluding hydrogens is 379 g/mol. The van der Waals surface area contributed by atoms with E-state index >= 15 is 0 Å². The molecule has 1 aliphatic carbocycles. The molecule has 1 unspecified atom stereocenters. The van der Waals surface area contributed by atoms with Crippen LogP contribution in [0.25, 0.3) is 0 Å². The van der Waals surface area contributed by atoms with Crippen molar-refractivity contribution in [2.75, 3.05) is 6.61 Å². The van der Waals surface area contributed by atoms with Gasteiger partial charge in [-0.1, -0.05) is 40.2 Å². The first-order valence-corrected chi connectivity index (χ1v) is 7.38. The molecule has 1 atom stereocenters. The highest BCUT2D eigenvalue weighted by Crippen LogP contribution is 2.51. The largest absolute Gasteiger partial charge is 0.360 e. The van der Waals surface area contributed by atoms with E-state index in [1.54, 1.807) is 0 Å². The van der Waals surface area contributed by atoms with Gasteiger partial charge in [0.25, 0.3) is 0 Å². The Morgan fingerprint density at radius 2 is 2.12 bits per heavy atom. The molecule has 0 saturated carbocycles. The lowest BCUT2D eigenvalue weighted by Crippen LogP contribution is -2.31. The Kier molecular flexibility index (Phi) is 2.88. The van der Waals surface area contributed by atoms with Gasteiger partial charge in [-0.05, 0) is 53.0 Å². The van der Waals surface area contributed by atoms with Crippen LogP contribution in [0.15, 0.2) is 32.3 Å². The fraction of sp³-hybridized carbons (Fsp3) is 0.385. The summed E-state index contributed by atoms with van der Waals surface area (Å²) in [5.74, 6) is 0. The molecule has 1 nitrogen and oxygen atoms in total. The van der Waals surface area contributed by atoms with E-state index in [0.717, 1.165) is 6.42 Å². The molecule has 3 heteroatoms. The summed E-state index contributed by atoms with van der Waals surface area (Å²) in [6, 6.07) is 8.69. The zero-order valence-electron chi connectivity index (χ0n) is 8.80. The van der Waals surface area contributed by atoms with Crippen LogP contribution in [0, 0.1) is 0 Å². The first kappa shape index (κ1) is 11.2. The highest BCUT2D eigenvalue weighted by molar-refractivity contribution is 14.1. The standard InChI is InChI=1S/C13H12BrIO/c14-11-8-16-13(12(11)15)7-3-5-9-4-1-2-6-10(9)13/h1-2,4,6H,3,5,7-8H2. The second-order valence-electron chi connectivity index (χ2n) is 4.35.